The molecule has 3 rings (SSSR count). The predicted molar refractivity (Wildman–Crippen MR) is 109 cm³/mol. The Hall–Kier alpha value is -2.97. The van der Waals surface area contributed by atoms with E-state index in [2.05, 4.69) is 5.32 Å². The van der Waals surface area contributed by atoms with Gasteiger partial charge in [0.05, 0.1) is 30.6 Å². The lowest BCUT2D eigenvalue weighted by molar-refractivity contribution is -0.133. The average Bonchev–Trinajstić information content (AvgIpc) is 3.00. The fourth-order valence-corrected chi connectivity index (χ4v) is 3.49. The van der Waals surface area contributed by atoms with Gasteiger partial charge in [-0.15, -0.1) is 0 Å². The van der Waals surface area contributed by atoms with Crippen LogP contribution in [0.25, 0.3) is 6.08 Å². The van der Waals surface area contributed by atoms with E-state index >= 15 is 0 Å². The summed E-state index contributed by atoms with van der Waals surface area (Å²) in [6, 6.07) is 9.85. The zero-order chi connectivity index (χ0) is 21.0. The molecule has 1 fully saturated rings. The average molecular weight is 434 g/mol. The summed E-state index contributed by atoms with van der Waals surface area (Å²) < 4.78 is 15.7. The van der Waals surface area contributed by atoms with Crippen molar-refractivity contribution in [1.82, 2.24) is 5.32 Å². The molecule has 1 aliphatic rings. The van der Waals surface area contributed by atoms with Crippen molar-refractivity contribution in [2.75, 3.05) is 14.2 Å². The normalized spacial score (nSPS) is 14.7. The van der Waals surface area contributed by atoms with Crippen LogP contribution in [0.15, 0.2) is 41.3 Å². The van der Waals surface area contributed by atoms with Gasteiger partial charge in [-0.3, -0.25) is 19.7 Å². The van der Waals surface area contributed by atoms with E-state index in [0.29, 0.717) is 22.6 Å². The maximum absolute atomic E-state index is 12.3. The highest BCUT2D eigenvalue weighted by molar-refractivity contribution is 8.18. The topological polar surface area (TPSA) is 90.9 Å². The molecule has 0 saturated carbocycles. The number of carbonyl (C=O) groups excluding carboxylic acids is 3. The molecule has 0 aliphatic carbocycles. The van der Waals surface area contributed by atoms with E-state index in [9.17, 15) is 14.4 Å². The second kappa shape index (κ2) is 9.02. The molecule has 1 N–H and O–H groups in total. The van der Waals surface area contributed by atoms with Crippen molar-refractivity contribution < 1.29 is 28.6 Å². The Kier molecular flexibility index (Phi) is 6.46. The van der Waals surface area contributed by atoms with Crippen LogP contribution in [-0.4, -0.2) is 31.3 Å². The van der Waals surface area contributed by atoms with Crippen LogP contribution in [0.5, 0.6) is 17.2 Å². The van der Waals surface area contributed by atoms with E-state index in [1.807, 2.05) is 0 Å². The third kappa shape index (κ3) is 5.10. The van der Waals surface area contributed by atoms with Crippen molar-refractivity contribution in [3.8, 4) is 17.2 Å². The number of imide groups is 1. The zero-order valence-corrected chi connectivity index (χ0v) is 17.1. The van der Waals surface area contributed by atoms with E-state index in [0.717, 1.165) is 11.8 Å². The Balaban J connectivity index is 1.69. The number of benzene rings is 2. The van der Waals surface area contributed by atoms with E-state index in [1.165, 1.54) is 26.4 Å². The van der Waals surface area contributed by atoms with E-state index in [1.54, 1.807) is 30.3 Å². The fourth-order valence-electron chi connectivity index (χ4n) is 2.58. The van der Waals surface area contributed by atoms with Gasteiger partial charge in [0.15, 0.2) is 11.5 Å². The number of esters is 1. The number of methoxy groups -OCH3 is 2. The molecule has 29 heavy (non-hydrogen) atoms. The van der Waals surface area contributed by atoms with Crippen molar-refractivity contribution in [3.05, 3.63) is 57.5 Å². The lowest BCUT2D eigenvalue weighted by atomic mass is 10.1. The second-order valence-electron chi connectivity index (χ2n) is 5.88. The zero-order valence-electron chi connectivity index (χ0n) is 15.5. The minimum absolute atomic E-state index is 0.0153. The third-order valence-corrected chi connectivity index (χ3v) is 5.02. The van der Waals surface area contributed by atoms with Crippen molar-refractivity contribution in [1.29, 1.82) is 0 Å². The first-order valence-corrected chi connectivity index (χ1v) is 9.55. The molecule has 1 heterocycles. The van der Waals surface area contributed by atoms with E-state index in [4.69, 9.17) is 25.8 Å². The second-order valence-corrected chi connectivity index (χ2v) is 7.30. The summed E-state index contributed by atoms with van der Waals surface area (Å²) >= 11 is 7.01. The summed E-state index contributed by atoms with van der Waals surface area (Å²) in [5.74, 6) is 0.315. The van der Waals surface area contributed by atoms with Gasteiger partial charge in [-0.2, -0.15) is 0 Å². The molecule has 7 nitrogen and oxygen atoms in total. The van der Waals surface area contributed by atoms with Crippen molar-refractivity contribution >= 4 is 46.6 Å². The summed E-state index contributed by atoms with van der Waals surface area (Å²) in [5, 5.41) is 1.96. The SMILES string of the molecule is COc1ccc(CC(=O)Oc2ccc(C=C3SC(=O)NC3=O)cc2Cl)cc1OC. The summed E-state index contributed by atoms with van der Waals surface area (Å²) in [6.07, 6.45) is 1.55. The van der Waals surface area contributed by atoms with Crippen molar-refractivity contribution in [2.24, 2.45) is 0 Å². The molecule has 0 bridgehead atoms. The minimum Gasteiger partial charge on any atom is -0.493 e. The van der Waals surface area contributed by atoms with Gasteiger partial charge in [-0.25, -0.2) is 0 Å². The Bertz CT molecular complexity index is 1020. The van der Waals surface area contributed by atoms with E-state index in [-0.39, 0.29) is 22.1 Å². The van der Waals surface area contributed by atoms with Crippen molar-refractivity contribution in [3.63, 3.8) is 0 Å². The standard InChI is InChI=1S/C20H16ClNO6S/c1-26-15-6-4-12(8-16(15)27-2)10-18(23)28-14-5-3-11(7-13(14)21)9-17-19(24)22-20(25)29-17/h3-9H,10H2,1-2H3,(H,22,24,25). The van der Waals surface area contributed by atoms with Gasteiger partial charge in [-0.05, 0) is 53.2 Å². The van der Waals surface area contributed by atoms with Gasteiger partial charge in [0.1, 0.15) is 5.75 Å². The van der Waals surface area contributed by atoms with Crippen molar-refractivity contribution in [2.45, 2.75) is 6.42 Å². The molecule has 0 spiro atoms. The smallest absolute Gasteiger partial charge is 0.315 e. The van der Waals surface area contributed by atoms with Gasteiger partial charge in [0.25, 0.3) is 11.1 Å². The fraction of sp³-hybridized carbons (Fsp3) is 0.150. The molecule has 1 aliphatic heterocycles. The molecular weight excluding hydrogens is 418 g/mol. The molecule has 9 heteroatoms. The van der Waals surface area contributed by atoms with Crippen LogP contribution in [0.4, 0.5) is 4.79 Å². The number of hydrogen-bond acceptors (Lipinski definition) is 7. The number of carbonyl (C=O) groups is 3. The first-order valence-electron chi connectivity index (χ1n) is 8.35. The molecule has 2 aromatic carbocycles. The maximum atomic E-state index is 12.3. The summed E-state index contributed by atoms with van der Waals surface area (Å²) in [4.78, 5) is 35.4. The van der Waals surface area contributed by atoms with Crippen LogP contribution in [0.1, 0.15) is 11.1 Å². The Morgan fingerprint density at radius 2 is 1.79 bits per heavy atom. The van der Waals surface area contributed by atoms with E-state index < -0.39 is 17.1 Å². The Morgan fingerprint density at radius 1 is 1.07 bits per heavy atom. The minimum atomic E-state index is -0.499. The third-order valence-electron chi connectivity index (χ3n) is 3.92. The monoisotopic (exact) mass is 433 g/mol. The highest BCUT2D eigenvalue weighted by Crippen LogP contribution is 2.31. The highest BCUT2D eigenvalue weighted by atomic mass is 35.5. The van der Waals surface area contributed by atoms with Gasteiger partial charge >= 0.3 is 5.97 Å². The van der Waals surface area contributed by atoms with Crippen LogP contribution in [0.2, 0.25) is 5.02 Å². The summed E-state index contributed by atoms with van der Waals surface area (Å²) in [6.45, 7) is 0. The first kappa shape index (κ1) is 20.8. The number of amides is 2. The van der Waals surface area contributed by atoms with Crippen LogP contribution in [0.3, 0.4) is 0 Å². The predicted octanol–water partition coefficient (Wildman–Crippen LogP) is 3.83. The highest BCUT2D eigenvalue weighted by Gasteiger charge is 2.25. The van der Waals surface area contributed by atoms with Crippen LogP contribution >= 0.6 is 23.4 Å². The molecule has 2 amide bonds. The van der Waals surface area contributed by atoms with Gasteiger partial charge < -0.3 is 14.2 Å². The molecule has 0 radical (unpaired) electrons. The number of halogens is 1. The first-order chi connectivity index (χ1) is 13.9. The molecule has 0 atom stereocenters. The number of hydrogen-bond donors (Lipinski definition) is 1. The number of nitrogens with one attached hydrogen (secondary N) is 1. The van der Waals surface area contributed by atoms with Crippen LogP contribution in [0, 0.1) is 0 Å². The lowest BCUT2D eigenvalue weighted by Crippen LogP contribution is -2.17. The molecule has 2 aromatic rings. The quantitative estimate of drug-likeness (QED) is 0.420. The Labute approximate surface area is 176 Å². The van der Waals surface area contributed by atoms with Crippen LogP contribution in [-0.2, 0) is 16.0 Å². The number of rotatable bonds is 6. The maximum Gasteiger partial charge on any atom is 0.315 e. The number of ether oxygens (including phenoxy) is 3. The summed E-state index contributed by atoms with van der Waals surface area (Å²) in [5.41, 5.74) is 1.29. The molecule has 150 valence electrons. The summed E-state index contributed by atoms with van der Waals surface area (Å²) in [7, 11) is 3.04. The lowest BCUT2D eigenvalue weighted by Gasteiger charge is -2.10. The molecule has 0 aromatic heterocycles. The number of thioether (sulfide) groups is 1. The van der Waals surface area contributed by atoms with Gasteiger partial charge in [0, 0.05) is 0 Å². The van der Waals surface area contributed by atoms with Gasteiger partial charge in [0.2, 0.25) is 0 Å². The van der Waals surface area contributed by atoms with Gasteiger partial charge in [-0.1, -0.05) is 23.7 Å². The van der Waals surface area contributed by atoms with Crippen LogP contribution < -0.4 is 19.5 Å². The largest absolute Gasteiger partial charge is 0.493 e. The molecule has 1 saturated heterocycles. The molecular formula is C20H16ClNO6S. The Morgan fingerprint density at radius 3 is 2.41 bits per heavy atom. The molecule has 0 unspecified atom stereocenters.